The number of phenols is 2. The van der Waals surface area contributed by atoms with Crippen molar-refractivity contribution in [3.63, 3.8) is 0 Å². The Bertz CT molecular complexity index is 1430. The summed E-state index contributed by atoms with van der Waals surface area (Å²) in [7, 11) is 1.58. The van der Waals surface area contributed by atoms with Crippen molar-refractivity contribution in [1.29, 1.82) is 0 Å². The van der Waals surface area contributed by atoms with Crippen molar-refractivity contribution in [2.45, 2.75) is 52.0 Å². The van der Waals surface area contributed by atoms with Gasteiger partial charge in [0.1, 0.15) is 40.0 Å². The van der Waals surface area contributed by atoms with E-state index in [0.717, 1.165) is 5.75 Å². The first kappa shape index (κ1) is 28.4. The molecule has 0 saturated heterocycles. The highest BCUT2D eigenvalue weighted by molar-refractivity contribution is 7.98. The average molecular weight is 558 g/mol. The quantitative estimate of drug-likeness (QED) is 0.223. The molecule has 2 aromatic rings. The highest BCUT2D eigenvalue weighted by Gasteiger charge is 2.56. The lowest BCUT2D eigenvalue weighted by Crippen LogP contribution is -2.41. The number of nitrogens with one attached hydrogen (secondary N) is 1. The minimum Gasteiger partial charge on any atom is -0.507 e. The standard InChI is InChI=1S/C27H31N3O8S/c1-12-22(33)20(14(3)31)24-21(23(12)34)27(4)17(37-24)11-16(32)19(25(27)35)13(2)28-15(8-10-39-6)26-29-18(30-38-26)7-9-36-5/h11,15,28,33-34H,7-10H2,1-6H3/b19-13+/t15-,27+/m1/s1. The van der Waals surface area contributed by atoms with Gasteiger partial charge in [0, 0.05) is 30.9 Å². The second kappa shape index (κ2) is 10.9. The number of benzene rings is 1. The third kappa shape index (κ3) is 4.71. The first-order valence-corrected chi connectivity index (χ1v) is 13.7. The number of thioether (sulfide) groups is 1. The molecule has 0 spiro atoms. The molecule has 4 rings (SSSR count). The molecule has 1 aromatic carbocycles. The SMILES string of the molecule is COCCc1noc([C@@H](CCSC)N/C(C)=C2\C(=O)C=C3Oc4c(C(C)=O)c(O)c(C)c(O)c4[C@@]3(C)C2=O)n1. The number of phenolic OH excluding ortho intramolecular Hbond substituents is 2. The van der Waals surface area contributed by atoms with Crippen LogP contribution in [-0.2, 0) is 26.2 Å². The zero-order chi connectivity index (χ0) is 28.6. The molecule has 1 aliphatic carbocycles. The maximum Gasteiger partial charge on any atom is 0.249 e. The normalized spacial score (nSPS) is 20.2. The van der Waals surface area contributed by atoms with Crippen LogP contribution in [-0.4, -0.2) is 63.4 Å². The first-order chi connectivity index (χ1) is 18.5. The van der Waals surface area contributed by atoms with Crippen LogP contribution in [0.5, 0.6) is 17.2 Å². The maximum atomic E-state index is 14.1. The number of aromatic nitrogens is 2. The molecular formula is C27H31N3O8S. The first-order valence-electron chi connectivity index (χ1n) is 12.3. The van der Waals surface area contributed by atoms with Crippen molar-refractivity contribution in [3.05, 3.63) is 51.5 Å². The van der Waals surface area contributed by atoms with Gasteiger partial charge in [-0.05, 0) is 46.1 Å². The maximum absolute atomic E-state index is 14.1. The molecule has 0 saturated carbocycles. The second-order valence-corrected chi connectivity index (χ2v) is 10.6. The van der Waals surface area contributed by atoms with Gasteiger partial charge in [0.25, 0.3) is 0 Å². The molecule has 0 amide bonds. The second-order valence-electron chi connectivity index (χ2n) is 9.66. The highest BCUT2D eigenvalue weighted by Crippen LogP contribution is 2.57. The predicted octanol–water partition coefficient (Wildman–Crippen LogP) is 3.22. The van der Waals surface area contributed by atoms with Crippen LogP contribution in [0.15, 0.2) is 27.6 Å². The number of rotatable bonds is 10. The van der Waals surface area contributed by atoms with E-state index in [2.05, 4.69) is 15.5 Å². The Hall–Kier alpha value is -3.64. The Labute approximate surface area is 229 Å². The van der Waals surface area contributed by atoms with Gasteiger partial charge in [0.05, 0.1) is 17.7 Å². The van der Waals surface area contributed by atoms with Crippen molar-refractivity contribution in [2.24, 2.45) is 0 Å². The van der Waals surface area contributed by atoms with E-state index in [1.807, 2.05) is 6.26 Å². The topological polar surface area (TPSA) is 161 Å². The fourth-order valence-corrected chi connectivity index (χ4v) is 5.36. The van der Waals surface area contributed by atoms with Gasteiger partial charge in [-0.2, -0.15) is 16.7 Å². The summed E-state index contributed by atoms with van der Waals surface area (Å²) < 4.78 is 16.4. The van der Waals surface area contributed by atoms with E-state index >= 15 is 0 Å². The number of Topliss-reactive ketones (excluding diaryl/α,β-unsaturated/α-hetero) is 2. The molecular weight excluding hydrogens is 526 g/mol. The molecule has 3 N–H and O–H groups in total. The fraction of sp³-hybridized carbons (Fsp3) is 0.444. The van der Waals surface area contributed by atoms with Crippen LogP contribution in [0, 0.1) is 6.92 Å². The van der Waals surface area contributed by atoms with Crippen molar-refractivity contribution in [2.75, 3.05) is 25.7 Å². The van der Waals surface area contributed by atoms with Crippen molar-refractivity contribution in [1.82, 2.24) is 15.5 Å². The summed E-state index contributed by atoms with van der Waals surface area (Å²) >= 11 is 1.62. The number of nitrogens with zero attached hydrogens (tertiary/aromatic N) is 2. The van der Waals surface area contributed by atoms with Crippen molar-refractivity contribution in [3.8, 4) is 17.2 Å². The zero-order valence-corrected chi connectivity index (χ0v) is 23.4. The molecule has 0 radical (unpaired) electrons. The van der Waals surface area contributed by atoms with Crippen molar-refractivity contribution >= 4 is 29.1 Å². The number of aromatic hydroxyl groups is 2. The number of methoxy groups -OCH3 is 1. The highest BCUT2D eigenvalue weighted by atomic mass is 32.2. The van der Waals surface area contributed by atoms with E-state index < -0.39 is 34.6 Å². The number of fused-ring (bicyclic) bond motifs is 3. The third-order valence-electron chi connectivity index (χ3n) is 7.07. The van der Waals surface area contributed by atoms with Crippen LogP contribution in [0.2, 0.25) is 0 Å². The summed E-state index contributed by atoms with van der Waals surface area (Å²) in [6.45, 7) is 6.25. The van der Waals surface area contributed by atoms with Crippen LogP contribution in [0.1, 0.15) is 66.4 Å². The molecule has 12 heteroatoms. The summed E-state index contributed by atoms with van der Waals surface area (Å²) in [6, 6.07) is -0.475. The predicted molar refractivity (Wildman–Crippen MR) is 142 cm³/mol. The Morgan fingerprint density at radius 2 is 1.97 bits per heavy atom. The number of carbonyl (C=O) groups excluding carboxylic acids is 3. The van der Waals surface area contributed by atoms with E-state index in [9.17, 15) is 24.6 Å². The lowest BCUT2D eigenvalue weighted by atomic mass is 9.70. The summed E-state index contributed by atoms with van der Waals surface area (Å²) in [5.74, 6) is -1.14. The van der Waals surface area contributed by atoms with E-state index in [-0.39, 0.29) is 39.5 Å². The number of hydrogen-bond acceptors (Lipinski definition) is 12. The van der Waals surface area contributed by atoms with Gasteiger partial charge < -0.3 is 29.5 Å². The van der Waals surface area contributed by atoms with Crippen LogP contribution < -0.4 is 10.1 Å². The molecule has 1 aromatic heterocycles. The van der Waals surface area contributed by atoms with Crippen LogP contribution in [0.3, 0.4) is 0 Å². The molecule has 0 bridgehead atoms. The lowest BCUT2D eigenvalue weighted by molar-refractivity contribution is -0.123. The summed E-state index contributed by atoms with van der Waals surface area (Å²) in [5.41, 5.74) is -1.51. The van der Waals surface area contributed by atoms with Gasteiger partial charge >= 0.3 is 0 Å². The third-order valence-corrected chi connectivity index (χ3v) is 7.72. The van der Waals surface area contributed by atoms with Gasteiger partial charge in [-0.25, -0.2) is 0 Å². The van der Waals surface area contributed by atoms with E-state index in [0.29, 0.717) is 36.9 Å². The Balaban J connectivity index is 1.77. The zero-order valence-electron chi connectivity index (χ0n) is 22.6. The van der Waals surface area contributed by atoms with E-state index in [1.54, 1.807) is 25.8 Å². The largest absolute Gasteiger partial charge is 0.507 e. The Morgan fingerprint density at radius 3 is 2.62 bits per heavy atom. The van der Waals surface area contributed by atoms with E-state index in [4.69, 9.17) is 14.0 Å². The average Bonchev–Trinajstić information content (AvgIpc) is 3.47. The van der Waals surface area contributed by atoms with Crippen LogP contribution >= 0.6 is 11.8 Å². The molecule has 2 aliphatic rings. The minimum atomic E-state index is -1.60. The lowest BCUT2D eigenvalue weighted by Gasteiger charge is -2.29. The van der Waals surface area contributed by atoms with Crippen LogP contribution in [0.25, 0.3) is 0 Å². The molecule has 1 aliphatic heterocycles. The number of carbonyl (C=O) groups is 3. The smallest absolute Gasteiger partial charge is 0.249 e. The number of ketones is 3. The van der Waals surface area contributed by atoms with Crippen molar-refractivity contribution < 1.29 is 38.6 Å². The molecule has 0 unspecified atom stereocenters. The Kier molecular flexibility index (Phi) is 7.89. The molecule has 11 nitrogen and oxygen atoms in total. The van der Waals surface area contributed by atoms with Gasteiger partial charge in [-0.1, -0.05) is 5.16 Å². The van der Waals surface area contributed by atoms with Gasteiger partial charge in [-0.3, -0.25) is 14.4 Å². The van der Waals surface area contributed by atoms with E-state index in [1.165, 1.54) is 26.8 Å². The summed E-state index contributed by atoms with van der Waals surface area (Å²) in [4.78, 5) is 44.1. The molecule has 2 atom stereocenters. The minimum absolute atomic E-state index is 0.0227. The molecule has 0 fully saturated rings. The number of allylic oxidation sites excluding steroid dienone is 4. The fourth-order valence-electron chi connectivity index (χ4n) is 4.89. The summed E-state index contributed by atoms with van der Waals surface area (Å²) in [6.07, 6.45) is 4.19. The van der Waals surface area contributed by atoms with Crippen LogP contribution in [0.4, 0.5) is 0 Å². The van der Waals surface area contributed by atoms with Gasteiger partial charge in [0.15, 0.2) is 23.2 Å². The van der Waals surface area contributed by atoms with Gasteiger partial charge in [-0.15, -0.1) is 0 Å². The van der Waals surface area contributed by atoms with Gasteiger partial charge in [0.2, 0.25) is 5.89 Å². The molecule has 39 heavy (non-hydrogen) atoms. The molecule has 208 valence electrons. The summed E-state index contributed by atoms with van der Waals surface area (Å²) in [5, 5.41) is 28.7. The Morgan fingerprint density at radius 1 is 1.26 bits per heavy atom. The molecule has 2 heterocycles. The monoisotopic (exact) mass is 557 g/mol. The number of ether oxygens (including phenoxy) is 2. The number of hydrogen-bond donors (Lipinski definition) is 3.